The van der Waals surface area contributed by atoms with Crippen molar-refractivity contribution < 1.29 is 4.74 Å². The van der Waals surface area contributed by atoms with E-state index < -0.39 is 0 Å². The van der Waals surface area contributed by atoms with Crippen molar-refractivity contribution in [2.24, 2.45) is 5.73 Å². The Bertz CT molecular complexity index is 418. The molecule has 1 fully saturated rings. The molecule has 0 bridgehead atoms. The number of benzene rings is 1. The van der Waals surface area contributed by atoms with Gasteiger partial charge in [0.2, 0.25) is 0 Å². The van der Waals surface area contributed by atoms with Crippen LogP contribution in [0.25, 0.3) is 0 Å². The minimum absolute atomic E-state index is 0.107. The molecule has 18 heavy (non-hydrogen) atoms. The van der Waals surface area contributed by atoms with Crippen LogP contribution in [0.15, 0.2) is 18.2 Å². The van der Waals surface area contributed by atoms with Gasteiger partial charge in [-0.25, -0.2) is 0 Å². The highest BCUT2D eigenvalue weighted by atomic mass is 32.2. The fraction of sp³-hybridized carbons (Fsp3) is 0.571. The smallest absolute Gasteiger partial charge is 0.127 e. The summed E-state index contributed by atoms with van der Waals surface area (Å²) >= 11 is 4.04. The third kappa shape index (κ3) is 2.51. The van der Waals surface area contributed by atoms with E-state index in [1.54, 1.807) is 0 Å². The lowest BCUT2D eigenvalue weighted by atomic mass is 9.97. The molecule has 0 aromatic heterocycles. The number of fused-ring (bicyclic) bond motifs is 1. The second-order valence-corrected chi connectivity index (χ2v) is 7.29. The van der Waals surface area contributed by atoms with Gasteiger partial charge in [0.1, 0.15) is 5.75 Å². The van der Waals surface area contributed by atoms with E-state index in [1.165, 1.54) is 22.6 Å². The van der Waals surface area contributed by atoms with Gasteiger partial charge in [-0.15, -0.1) is 0 Å². The Balaban J connectivity index is 1.86. The van der Waals surface area contributed by atoms with E-state index in [1.807, 2.05) is 23.5 Å². The second kappa shape index (κ2) is 5.76. The molecule has 2 aliphatic heterocycles. The minimum Gasteiger partial charge on any atom is -0.493 e. The van der Waals surface area contributed by atoms with Gasteiger partial charge in [-0.1, -0.05) is 18.2 Å². The van der Waals surface area contributed by atoms with Crippen molar-refractivity contribution in [1.82, 2.24) is 0 Å². The van der Waals surface area contributed by atoms with Gasteiger partial charge < -0.3 is 10.5 Å². The Kier molecular flexibility index (Phi) is 4.07. The molecule has 0 aliphatic carbocycles. The quantitative estimate of drug-likeness (QED) is 0.904. The average Bonchev–Trinajstić information content (AvgIpc) is 2.47. The summed E-state index contributed by atoms with van der Waals surface area (Å²) in [5.41, 5.74) is 9.03. The maximum absolute atomic E-state index is 6.48. The summed E-state index contributed by atoms with van der Waals surface area (Å²) in [5.74, 6) is 4.72. The summed E-state index contributed by atoms with van der Waals surface area (Å²) in [6.45, 7) is 0.837. The van der Waals surface area contributed by atoms with E-state index in [0.29, 0.717) is 5.25 Å². The molecule has 1 aromatic rings. The van der Waals surface area contributed by atoms with Crippen LogP contribution in [0, 0.1) is 0 Å². The molecule has 3 rings (SSSR count). The maximum Gasteiger partial charge on any atom is 0.127 e. The first kappa shape index (κ1) is 12.7. The molecule has 0 saturated carbocycles. The van der Waals surface area contributed by atoms with Crippen LogP contribution in [-0.2, 0) is 6.42 Å². The van der Waals surface area contributed by atoms with Crippen molar-refractivity contribution in [2.75, 3.05) is 23.9 Å². The van der Waals surface area contributed by atoms with Gasteiger partial charge in [0.25, 0.3) is 0 Å². The number of hydrogen-bond donors (Lipinski definition) is 1. The van der Waals surface area contributed by atoms with E-state index in [-0.39, 0.29) is 6.04 Å². The molecule has 0 amide bonds. The summed E-state index contributed by atoms with van der Waals surface area (Å²) in [6.07, 6.45) is 2.25. The highest BCUT2D eigenvalue weighted by Gasteiger charge is 2.26. The van der Waals surface area contributed by atoms with E-state index in [2.05, 4.69) is 18.2 Å². The van der Waals surface area contributed by atoms with Gasteiger partial charge in [0.15, 0.2) is 0 Å². The summed E-state index contributed by atoms with van der Waals surface area (Å²) in [7, 11) is 0. The fourth-order valence-electron chi connectivity index (χ4n) is 2.59. The fourth-order valence-corrected chi connectivity index (χ4v) is 5.38. The molecule has 0 spiro atoms. The van der Waals surface area contributed by atoms with Crippen LogP contribution >= 0.6 is 23.5 Å². The molecule has 2 N–H and O–H groups in total. The molecule has 98 valence electrons. The maximum atomic E-state index is 6.48. The Labute approximate surface area is 117 Å². The lowest BCUT2D eigenvalue weighted by molar-refractivity contribution is 0.283. The SMILES string of the molecule is NC(c1cccc2c1OCCC2)C1CSCCS1. The van der Waals surface area contributed by atoms with E-state index in [9.17, 15) is 0 Å². The van der Waals surface area contributed by atoms with Gasteiger partial charge in [-0.05, 0) is 18.4 Å². The molecular formula is C14H19NOS2. The Morgan fingerprint density at radius 2 is 2.28 bits per heavy atom. The molecule has 2 unspecified atom stereocenters. The van der Waals surface area contributed by atoms with Crippen LogP contribution in [0.4, 0.5) is 0 Å². The first-order valence-corrected chi connectivity index (χ1v) is 8.76. The highest BCUT2D eigenvalue weighted by molar-refractivity contribution is 8.06. The Morgan fingerprint density at radius 1 is 1.33 bits per heavy atom. The van der Waals surface area contributed by atoms with E-state index in [0.717, 1.165) is 31.0 Å². The third-order valence-corrected chi connectivity index (χ3v) is 6.45. The van der Waals surface area contributed by atoms with Gasteiger partial charge in [0, 0.05) is 34.1 Å². The van der Waals surface area contributed by atoms with E-state index in [4.69, 9.17) is 10.5 Å². The first-order chi connectivity index (χ1) is 8.86. The predicted octanol–water partition coefficient (Wildman–Crippen LogP) is 2.86. The van der Waals surface area contributed by atoms with Crippen molar-refractivity contribution >= 4 is 23.5 Å². The standard InChI is InChI=1S/C14H19NOS2/c15-13(12-9-17-7-8-18-12)11-5-1-3-10-4-2-6-16-14(10)11/h1,3,5,12-13H,2,4,6-9,15H2. The van der Waals surface area contributed by atoms with Crippen LogP contribution in [0.1, 0.15) is 23.6 Å². The van der Waals surface area contributed by atoms with Crippen molar-refractivity contribution in [1.29, 1.82) is 0 Å². The van der Waals surface area contributed by atoms with Gasteiger partial charge in [-0.3, -0.25) is 0 Å². The van der Waals surface area contributed by atoms with Gasteiger partial charge in [0.05, 0.1) is 6.61 Å². The van der Waals surface area contributed by atoms with Crippen molar-refractivity contribution in [3.63, 3.8) is 0 Å². The monoisotopic (exact) mass is 281 g/mol. The Hall–Kier alpha value is -0.320. The zero-order valence-corrected chi connectivity index (χ0v) is 12.1. The molecule has 0 radical (unpaired) electrons. The molecule has 2 nitrogen and oxygen atoms in total. The number of ether oxygens (including phenoxy) is 1. The van der Waals surface area contributed by atoms with Crippen LogP contribution in [0.2, 0.25) is 0 Å². The lowest BCUT2D eigenvalue weighted by Crippen LogP contribution is -2.29. The van der Waals surface area contributed by atoms with Crippen LogP contribution in [-0.4, -0.2) is 29.1 Å². The Morgan fingerprint density at radius 3 is 3.11 bits per heavy atom. The molecule has 2 aliphatic rings. The summed E-state index contributed by atoms with van der Waals surface area (Å²) in [4.78, 5) is 0. The van der Waals surface area contributed by atoms with Gasteiger partial charge in [-0.2, -0.15) is 23.5 Å². The second-order valence-electron chi connectivity index (χ2n) is 4.80. The average molecular weight is 281 g/mol. The van der Waals surface area contributed by atoms with Crippen molar-refractivity contribution in [3.8, 4) is 5.75 Å². The van der Waals surface area contributed by atoms with Crippen molar-refractivity contribution in [2.45, 2.75) is 24.1 Å². The lowest BCUT2D eigenvalue weighted by Gasteiger charge is -2.30. The third-order valence-electron chi connectivity index (χ3n) is 3.57. The zero-order chi connectivity index (χ0) is 12.4. The largest absolute Gasteiger partial charge is 0.493 e. The zero-order valence-electron chi connectivity index (χ0n) is 10.4. The van der Waals surface area contributed by atoms with Crippen LogP contribution in [0.3, 0.4) is 0 Å². The topological polar surface area (TPSA) is 35.2 Å². The number of rotatable bonds is 2. The molecule has 4 heteroatoms. The molecule has 1 aromatic carbocycles. The van der Waals surface area contributed by atoms with Crippen LogP contribution < -0.4 is 10.5 Å². The number of para-hydroxylation sites is 1. The van der Waals surface area contributed by atoms with Gasteiger partial charge >= 0.3 is 0 Å². The molecule has 2 heterocycles. The predicted molar refractivity (Wildman–Crippen MR) is 80.8 cm³/mol. The molecule has 1 saturated heterocycles. The van der Waals surface area contributed by atoms with Crippen LogP contribution in [0.5, 0.6) is 5.75 Å². The molecule has 2 atom stereocenters. The first-order valence-electron chi connectivity index (χ1n) is 6.56. The number of nitrogens with two attached hydrogens (primary N) is 1. The normalized spacial score (nSPS) is 25.1. The highest BCUT2D eigenvalue weighted by Crippen LogP contribution is 2.38. The summed E-state index contributed by atoms with van der Waals surface area (Å²) in [6, 6.07) is 6.56. The van der Waals surface area contributed by atoms with Crippen molar-refractivity contribution in [3.05, 3.63) is 29.3 Å². The molecular weight excluding hydrogens is 262 g/mol. The number of thioether (sulfide) groups is 2. The summed E-state index contributed by atoms with van der Waals surface area (Å²) in [5, 5.41) is 0.528. The number of aryl methyl sites for hydroxylation is 1. The van der Waals surface area contributed by atoms with E-state index >= 15 is 0 Å². The number of hydrogen-bond acceptors (Lipinski definition) is 4. The minimum atomic E-state index is 0.107. The summed E-state index contributed by atoms with van der Waals surface area (Å²) < 4.78 is 5.87.